The average molecular weight is 378 g/mol. The molecule has 1 saturated heterocycles. The lowest BCUT2D eigenvalue weighted by Gasteiger charge is -2.30. The Labute approximate surface area is 162 Å². The number of amides is 2. The third-order valence-electron chi connectivity index (χ3n) is 5.15. The zero-order valence-corrected chi connectivity index (χ0v) is 15.7. The Hall–Kier alpha value is -3.22. The number of likely N-dealkylation sites (tertiary alicyclic amines) is 1. The number of carbonyl (C=O) groups is 2. The van der Waals surface area contributed by atoms with Crippen LogP contribution in [0.25, 0.3) is 10.9 Å². The van der Waals surface area contributed by atoms with Crippen LogP contribution in [-0.4, -0.2) is 39.8 Å². The quantitative estimate of drug-likeness (QED) is 0.754. The fraction of sp³-hybridized carbons (Fsp3) is 0.333. The van der Waals surface area contributed by atoms with Crippen molar-refractivity contribution in [1.82, 2.24) is 20.2 Å². The van der Waals surface area contributed by atoms with Gasteiger partial charge >= 0.3 is 0 Å². The molecule has 1 fully saturated rings. The Morgan fingerprint density at radius 1 is 1.14 bits per heavy atom. The number of benzene rings is 1. The van der Waals surface area contributed by atoms with E-state index in [-0.39, 0.29) is 17.7 Å². The number of nitrogens with one attached hydrogen (secondary N) is 1. The lowest BCUT2D eigenvalue weighted by molar-refractivity contribution is -0.126. The summed E-state index contributed by atoms with van der Waals surface area (Å²) in [6.07, 6.45) is 2.76. The molecule has 7 nitrogen and oxygen atoms in total. The third-order valence-corrected chi connectivity index (χ3v) is 5.15. The zero-order chi connectivity index (χ0) is 19.5. The average Bonchev–Trinajstić information content (AvgIpc) is 3.26. The molecule has 4 rings (SSSR count). The first kappa shape index (κ1) is 18.2. The number of nitrogens with zero attached hydrogens (tertiary/aromatic N) is 3. The molecule has 0 radical (unpaired) electrons. The summed E-state index contributed by atoms with van der Waals surface area (Å²) >= 11 is 0. The maximum Gasteiger partial charge on any atom is 0.289 e. The fourth-order valence-corrected chi connectivity index (χ4v) is 3.59. The summed E-state index contributed by atoms with van der Waals surface area (Å²) in [6, 6.07) is 11.2. The number of hydrogen-bond donors (Lipinski definition) is 1. The number of hydrogen-bond acceptors (Lipinski definition) is 5. The second kappa shape index (κ2) is 7.80. The second-order valence-corrected chi connectivity index (χ2v) is 7.00. The van der Waals surface area contributed by atoms with Crippen LogP contribution < -0.4 is 5.32 Å². The van der Waals surface area contributed by atoms with E-state index in [1.165, 1.54) is 6.26 Å². The number of rotatable bonds is 4. The van der Waals surface area contributed by atoms with E-state index in [2.05, 4.69) is 15.3 Å². The summed E-state index contributed by atoms with van der Waals surface area (Å²) in [4.78, 5) is 35.6. The van der Waals surface area contributed by atoms with Gasteiger partial charge < -0.3 is 14.6 Å². The minimum atomic E-state index is -0.121. The van der Waals surface area contributed by atoms with Crippen LogP contribution in [0.1, 0.15) is 34.9 Å². The summed E-state index contributed by atoms with van der Waals surface area (Å²) in [5.74, 6) is 0.701. The van der Waals surface area contributed by atoms with E-state index in [0.717, 1.165) is 16.6 Å². The SMILES string of the molecule is Cc1nc(CNC(=O)C2CCN(C(=O)c3ccco3)CC2)nc2ccccc12. The van der Waals surface area contributed by atoms with Gasteiger partial charge in [-0.1, -0.05) is 18.2 Å². The van der Waals surface area contributed by atoms with Crippen molar-refractivity contribution in [3.8, 4) is 0 Å². The molecule has 0 bridgehead atoms. The minimum Gasteiger partial charge on any atom is -0.459 e. The standard InChI is InChI=1S/C21H22N4O3/c1-14-16-5-2-3-6-17(16)24-19(23-14)13-22-20(26)15-8-10-25(11-9-15)21(27)18-7-4-12-28-18/h2-7,12,15H,8-11,13H2,1H3,(H,22,26). The summed E-state index contributed by atoms with van der Waals surface area (Å²) < 4.78 is 5.17. The summed E-state index contributed by atoms with van der Waals surface area (Å²) in [7, 11) is 0. The summed E-state index contributed by atoms with van der Waals surface area (Å²) in [5, 5.41) is 3.97. The highest BCUT2D eigenvalue weighted by molar-refractivity contribution is 5.91. The van der Waals surface area contributed by atoms with Crippen molar-refractivity contribution in [2.75, 3.05) is 13.1 Å². The molecule has 1 aliphatic heterocycles. The highest BCUT2D eigenvalue weighted by atomic mass is 16.3. The molecule has 1 aliphatic rings. The van der Waals surface area contributed by atoms with E-state index < -0.39 is 0 Å². The van der Waals surface area contributed by atoms with Crippen molar-refractivity contribution in [3.05, 3.63) is 59.9 Å². The van der Waals surface area contributed by atoms with Gasteiger partial charge in [-0.15, -0.1) is 0 Å². The van der Waals surface area contributed by atoms with Gasteiger partial charge in [-0.3, -0.25) is 9.59 Å². The van der Waals surface area contributed by atoms with Crippen molar-refractivity contribution >= 4 is 22.7 Å². The highest BCUT2D eigenvalue weighted by Gasteiger charge is 2.28. The van der Waals surface area contributed by atoms with E-state index in [9.17, 15) is 9.59 Å². The third kappa shape index (κ3) is 3.74. The van der Waals surface area contributed by atoms with Gasteiger partial charge in [0, 0.05) is 30.1 Å². The van der Waals surface area contributed by atoms with Crippen LogP contribution in [0.15, 0.2) is 47.1 Å². The molecular formula is C21H22N4O3. The van der Waals surface area contributed by atoms with Gasteiger partial charge in [0.05, 0.1) is 18.3 Å². The highest BCUT2D eigenvalue weighted by Crippen LogP contribution is 2.20. The lowest BCUT2D eigenvalue weighted by Crippen LogP contribution is -2.42. The Morgan fingerprint density at radius 2 is 1.93 bits per heavy atom. The maximum atomic E-state index is 12.5. The number of aryl methyl sites for hydroxylation is 1. The van der Waals surface area contributed by atoms with E-state index in [1.807, 2.05) is 31.2 Å². The van der Waals surface area contributed by atoms with Crippen molar-refractivity contribution < 1.29 is 14.0 Å². The van der Waals surface area contributed by atoms with Crippen LogP contribution in [0.2, 0.25) is 0 Å². The molecule has 7 heteroatoms. The van der Waals surface area contributed by atoms with Crippen LogP contribution in [0, 0.1) is 12.8 Å². The monoisotopic (exact) mass is 378 g/mol. The van der Waals surface area contributed by atoms with Gasteiger partial charge in [0.25, 0.3) is 5.91 Å². The van der Waals surface area contributed by atoms with E-state index >= 15 is 0 Å². The van der Waals surface area contributed by atoms with E-state index in [4.69, 9.17) is 4.42 Å². The zero-order valence-electron chi connectivity index (χ0n) is 15.7. The van der Waals surface area contributed by atoms with Crippen LogP contribution in [0.4, 0.5) is 0 Å². The van der Waals surface area contributed by atoms with Crippen molar-refractivity contribution in [1.29, 1.82) is 0 Å². The van der Waals surface area contributed by atoms with Crippen molar-refractivity contribution in [3.63, 3.8) is 0 Å². The first-order chi connectivity index (χ1) is 13.6. The molecule has 0 aliphatic carbocycles. The number of furan rings is 1. The largest absolute Gasteiger partial charge is 0.459 e. The normalized spacial score (nSPS) is 15.0. The molecule has 3 heterocycles. The molecule has 2 amide bonds. The molecule has 0 atom stereocenters. The molecule has 0 unspecified atom stereocenters. The molecule has 0 saturated carbocycles. The smallest absolute Gasteiger partial charge is 0.289 e. The van der Waals surface area contributed by atoms with E-state index in [0.29, 0.717) is 44.1 Å². The predicted molar refractivity (Wildman–Crippen MR) is 103 cm³/mol. The minimum absolute atomic E-state index is 0.0143. The molecule has 1 N–H and O–H groups in total. The number of para-hydroxylation sites is 1. The van der Waals surface area contributed by atoms with Gasteiger partial charge in [-0.25, -0.2) is 9.97 Å². The van der Waals surface area contributed by atoms with Gasteiger partial charge in [0.15, 0.2) is 5.76 Å². The van der Waals surface area contributed by atoms with Crippen LogP contribution >= 0.6 is 0 Å². The number of fused-ring (bicyclic) bond motifs is 1. The Balaban J connectivity index is 1.32. The number of aromatic nitrogens is 2. The van der Waals surface area contributed by atoms with Crippen molar-refractivity contribution in [2.45, 2.75) is 26.3 Å². The maximum absolute atomic E-state index is 12.5. The van der Waals surface area contributed by atoms with Crippen LogP contribution in [0.5, 0.6) is 0 Å². The first-order valence-electron chi connectivity index (χ1n) is 9.44. The van der Waals surface area contributed by atoms with Crippen molar-refractivity contribution in [2.24, 2.45) is 5.92 Å². The predicted octanol–water partition coefficient (Wildman–Crippen LogP) is 2.70. The topological polar surface area (TPSA) is 88.3 Å². The van der Waals surface area contributed by atoms with E-state index in [1.54, 1.807) is 17.0 Å². The van der Waals surface area contributed by atoms with Gasteiger partial charge in [0.1, 0.15) is 5.82 Å². The first-order valence-corrected chi connectivity index (χ1v) is 9.44. The molecule has 3 aromatic rings. The summed E-state index contributed by atoms with van der Waals surface area (Å²) in [5.41, 5.74) is 1.78. The second-order valence-electron chi connectivity index (χ2n) is 7.00. The number of carbonyl (C=O) groups excluding carboxylic acids is 2. The molecule has 0 spiro atoms. The lowest BCUT2D eigenvalue weighted by atomic mass is 9.95. The van der Waals surface area contributed by atoms with Gasteiger partial charge in [0.2, 0.25) is 5.91 Å². The van der Waals surface area contributed by atoms with Gasteiger partial charge in [-0.05, 0) is 38.0 Å². The number of piperidine rings is 1. The van der Waals surface area contributed by atoms with Gasteiger partial charge in [-0.2, -0.15) is 0 Å². The van der Waals surface area contributed by atoms with Crippen LogP contribution in [0.3, 0.4) is 0 Å². The molecule has 28 heavy (non-hydrogen) atoms. The molecule has 1 aromatic carbocycles. The molecular weight excluding hydrogens is 356 g/mol. The Bertz CT molecular complexity index is 992. The Morgan fingerprint density at radius 3 is 2.68 bits per heavy atom. The Kier molecular flexibility index (Phi) is 5.06. The fourth-order valence-electron chi connectivity index (χ4n) is 3.59. The molecule has 2 aromatic heterocycles. The summed E-state index contributed by atoms with van der Waals surface area (Å²) in [6.45, 7) is 3.34. The van der Waals surface area contributed by atoms with Crippen LogP contribution in [-0.2, 0) is 11.3 Å². The molecule has 144 valence electrons.